The van der Waals surface area contributed by atoms with Gasteiger partial charge in [0.05, 0.1) is 21.9 Å². The van der Waals surface area contributed by atoms with Gasteiger partial charge in [-0.15, -0.1) is 11.8 Å². The number of thioether (sulfide) groups is 1. The van der Waals surface area contributed by atoms with Gasteiger partial charge in [-0.3, -0.25) is 29.6 Å². The van der Waals surface area contributed by atoms with E-state index in [4.69, 9.17) is 0 Å². The molecule has 0 aliphatic carbocycles. The first-order valence-electron chi connectivity index (χ1n) is 8.29. The number of hydrogen-bond acceptors (Lipinski definition) is 6. The number of rotatable bonds is 6. The van der Waals surface area contributed by atoms with E-state index in [9.17, 15) is 19.7 Å². The van der Waals surface area contributed by atoms with E-state index in [1.807, 2.05) is 13.8 Å². The Morgan fingerprint density at radius 1 is 1.15 bits per heavy atom. The Balaban J connectivity index is 1.99. The average Bonchev–Trinajstić information content (AvgIpc) is 2.86. The van der Waals surface area contributed by atoms with Gasteiger partial charge in [-0.2, -0.15) is 0 Å². The molecule has 2 aromatic rings. The molecule has 0 bridgehead atoms. The highest BCUT2D eigenvalue weighted by molar-refractivity contribution is 8.04. The molecular formula is C19H17N3O4S. The summed E-state index contributed by atoms with van der Waals surface area (Å²) in [5, 5.41) is 11.0. The second-order valence-corrected chi connectivity index (χ2v) is 7.82. The van der Waals surface area contributed by atoms with E-state index >= 15 is 0 Å². The van der Waals surface area contributed by atoms with Gasteiger partial charge in [-0.25, -0.2) is 0 Å². The predicted molar refractivity (Wildman–Crippen MR) is 103 cm³/mol. The van der Waals surface area contributed by atoms with E-state index in [1.54, 1.807) is 24.5 Å². The third kappa shape index (κ3) is 3.90. The average molecular weight is 383 g/mol. The number of aromatic nitrogens is 1. The number of benzene rings is 1. The lowest BCUT2D eigenvalue weighted by atomic mass is 10.1. The Bertz CT molecular complexity index is 924. The zero-order chi connectivity index (χ0) is 19.6. The largest absolute Gasteiger partial charge is 0.269 e. The van der Waals surface area contributed by atoms with Crippen molar-refractivity contribution in [1.82, 2.24) is 9.88 Å². The summed E-state index contributed by atoms with van der Waals surface area (Å²) in [6, 6.07) is 9.23. The van der Waals surface area contributed by atoms with Crippen molar-refractivity contribution in [1.29, 1.82) is 0 Å². The van der Waals surface area contributed by atoms with Crippen LogP contribution in [0.5, 0.6) is 0 Å². The van der Waals surface area contributed by atoms with Gasteiger partial charge in [0.2, 0.25) is 0 Å². The number of amides is 2. The van der Waals surface area contributed by atoms with Crippen molar-refractivity contribution in [3.63, 3.8) is 0 Å². The first-order chi connectivity index (χ1) is 12.9. The molecule has 0 saturated heterocycles. The Labute approximate surface area is 160 Å². The lowest BCUT2D eigenvalue weighted by Crippen LogP contribution is -2.31. The van der Waals surface area contributed by atoms with Crippen molar-refractivity contribution >= 4 is 34.8 Å². The summed E-state index contributed by atoms with van der Waals surface area (Å²) in [6.45, 7) is 4.00. The molecule has 0 unspecified atom stereocenters. The second kappa shape index (κ2) is 7.71. The summed E-state index contributed by atoms with van der Waals surface area (Å²) in [7, 11) is 0. The molecule has 7 nitrogen and oxygen atoms in total. The maximum absolute atomic E-state index is 13.0. The van der Waals surface area contributed by atoms with E-state index < -0.39 is 10.8 Å². The number of nitro benzene ring substituents is 1. The third-order valence-corrected chi connectivity index (χ3v) is 5.00. The Morgan fingerprint density at radius 2 is 1.85 bits per heavy atom. The maximum atomic E-state index is 13.0. The van der Waals surface area contributed by atoms with Gasteiger partial charge < -0.3 is 0 Å². The summed E-state index contributed by atoms with van der Waals surface area (Å²) in [4.78, 5) is 41.9. The van der Waals surface area contributed by atoms with E-state index in [2.05, 4.69) is 4.98 Å². The summed E-state index contributed by atoms with van der Waals surface area (Å²) < 4.78 is 0. The summed E-state index contributed by atoms with van der Waals surface area (Å²) in [6.07, 6.45) is 3.23. The summed E-state index contributed by atoms with van der Waals surface area (Å²) in [5.41, 5.74) is 1.47. The van der Waals surface area contributed by atoms with Crippen LogP contribution >= 0.6 is 11.8 Å². The molecule has 0 N–H and O–H groups in total. The van der Waals surface area contributed by atoms with Gasteiger partial charge in [0.25, 0.3) is 17.5 Å². The van der Waals surface area contributed by atoms with Crippen LogP contribution in [0.4, 0.5) is 5.69 Å². The number of nitro groups is 1. The van der Waals surface area contributed by atoms with Crippen LogP contribution in [-0.4, -0.2) is 31.9 Å². The first-order valence-corrected chi connectivity index (χ1v) is 9.17. The highest BCUT2D eigenvalue weighted by Crippen LogP contribution is 2.38. The van der Waals surface area contributed by atoms with Crippen molar-refractivity contribution in [2.75, 3.05) is 0 Å². The normalized spacial score (nSPS) is 14.4. The molecule has 1 aromatic carbocycles. The summed E-state index contributed by atoms with van der Waals surface area (Å²) >= 11 is 1.32. The molecular weight excluding hydrogens is 366 g/mol. The van der Waals surface area contributed by atoms with Crippen molar-refractivity contribution in [2.45, 2.75) is 25.6 Å². The molecule has 1 aromatic heterocycles. The minimum absolute atomic E-state index is 0.0681. The molecule has 3 rings (SSSR count). The van der Waals surface area contributed by atoms with Gasteiger partial charge >= 0.3 is 0 Å². The van der Waals surface area contributed by atoms with E-state index in [-0.39, 0.29) is 29.0 Å². The zero-order valence-corrected chi connectivity index (χ0v) is 15.6. The van der Waals surface area contributed by atoms with Gasteiger partial charge in [0.15, 0.2) is 0 Å². The van der Waals surface area contributed by atoms with Crippen LogP contribution < -0.4 is 0 Å². The Morgan fingerprint density at radius 3 is 2.41 bits per heavy atom. The highest BCUT2D eigenvalue weighted by Gasteiger charge is 2.39. The van der Waals surface area contributed by atoms with Crippen LogP contribution in [0, 0.1) is 10.1 Å². The molecule has 1 aliphatic heterocycles. The quantitative estimate of drug-likeness (QED) is 0.431. The second-order valence-electron chi connectivity index (χ2n) is 6.23. The fourth-order valence-electron chi connectivity index (χ4n) is 2.72. The lowest BCUT2D eigenvalue weighted by Gasteiger charge is -2.15. The first kappa shape index (κ1) is 18.8. The number of nitrogens with zero attached hydrogens (tertiary/aromatic N) is 3. The number of imide groups is 1. The molecule has 138 valence electrons. The summed E-state index contributed by atoms with van der Waals surface area (Å²) in [5.74, 6) is -0.753. The molecule has 2 amide bonds. The van der Waals surface area contributed by atoms with Crippen LogP contribution in [-0.2, 0) is 16.1 Å². The highest BCUT2D eigenvalue weighted by atomic mass is 32.2. The minimum atomic E-state index is -0.502. The number of pyridine rings is 1. The molecule has 27 heavy (non-hydrogen) atoms. The Kier molecular flexibility index (Phi) is 5.36. The van der Waals surface area contributed by atoms with Gasteiger partial charge in [0, 0.05) is 29.8 Å². The molecule has 1 aliphatic rings. The molecule has 8 heteroatoms. The molecule has 2 heterocycles. The van der Waals surface area contributed by atoms with E-state index in [0.717, 1.165) is 5.56 Å². The van der Waals surface area contributed by atoms with Gasteiger partial charge in [0.1, 0.15) is 0 Å². The molecule has 0 fully saturated rings. The van der Waals surface area contributed by atoms with Crippen molar-refractivity contribution < 1.29 is 14.5 Å². The maximum Gasteiger partial charge on any atom is 0.269 e. The molecule has 0 spiro atoms. The minimum Gasteiger partial charge on any atom is -0.269 e. The SMILES string of the molecule is CC(C)SC1=C(c2ccc([N+](=O)[O-])cc2)C(=O)N(Cc2cccnc2)C1=O. The fourth-order valence-corrected chi connectivity index (χ4v) is 3.73. The zero-order valence-electron chi connectivity index (χ0n) is 14.8. The van der Waals surface area contributed by atoms with Crippen molar-refractivity contribution in [3.05, 3.63) is 74.9 Å². The molecule has 0 radical (unpaired) electrons. The van der Waals surface area contributed by atoms with E-state index in [0.29, 0.717) is 10.5 Å². The standard InChI is InChI=1S/C19H17N3O4S/c1-12(2)27-17-16(14-5-7-15(8-6-14)22(25)26)18(23)21(19(17)24)11-13-4-3-9-20-10-13/h3-10,12H,11H2,1-2H3. The van der Waals surface area contributed by atoms with Crippen LogP contribution in [0.1, 0.15) is 25.0 Å². The number of hydrogen-bond donors (Lipinski definition) is 0. The molecule has 0 atom stereocenters. The number of non-ortho nitro benzene ring substituents is 1. The van der Waals surface area contributed by atoms with Crippen LogP contribution in [0.3, 0.4) is 0 Å². The predicted octanol–water partition coefficient (Wildman–Crippen LogP) is 3.41. The third-order valence-electron chi connectivity index (χ3n) is 3.91. The van der Waals surface area contributed by atoms with Crippen molar-refractivity contribution in [3.8, 4) is 0 Å². The fraction of sp³-hybridized carbons (Fsp3) is 0.211. The van der Waals surface area contributed by atoms with Crippen LogP contribution in [0.2, 0.25) is 0 Å². The van der Waals surface area contributed by atoms with Crippen molar-refractivity contribution in [2.24, 2.45) is 0 Å². The van der Waals surface area contributed by atoms with Gasteiger partial charge in [-0.1, -0.05) is 19.9 Å². The van der Waals surface area contributed by atoms with Gasteiger partial charge in [-0.05, 0) is 29.3 Å². The molecule has 0 saturated carbocycles. The van der Waals surface area contributed by atoms with Crippen LogP contribution in [0.15, 0.2) is 53.7 Å². The number of carbonyl (C=O) groups excluding carboxylic acids is 2. The smallest absolute Gasteiger partial charge is 0.269 e. The Hall–Kier alpha value is -3.00. The van der Waals surface area contributed by atoms with E-state index in [1.165, 1.54) is 40.9 Å². The monoisotopic (exact) mass is 383 g/mol. The number of carbonyl (C=O) groups is 2. The lowest BCUT2D eigenvalue weighted by molar-refractivity contribution is -0.384. The van der Waals surface area contributed by atoms with Crippen LogP contribution in [0.25, 0.3) is 5.57 Å². The topological polar surface area (TPSA) is 93.4 Å².